The van der Waals surface area contributed by atoms with E-state index in [1.165, 1.54) is 12.1 Å². The molecule has 0 saturated heterocycles. The van der Waals surface area contributed by atoms with Crippen molar-refractivity contribution in [2.75, 3.05) is 0 Å². The monoisotopic (exact) mass is 374 g/mol. The number of carbonyl (C=O) groups excluding carboxylic acids is 3. The van der Waals surface area contributed by atoms with Crippen LogP contribution in [0.25, 0.3) is 10.8 Å². The Labute approximate surface area is 253 Å². The van der Waals surface area contributed by atoms with E-state index in [4.69, 9.17) is 0 Å². The fourth-order valence-corrected chi connectivity index (χ4v) is 1.92. The van der Waals surface area contributed by atoms with Crippen LogP contribution >= 0.6 is 0 Å². The molecule has 22 heavy (non-hydrogen) atoms. The maximum Gasteiger partial charge on any atom is 1.00 e. The summed E-state index contributed by atoms with van der Waals surface area (Å²) in [4.78, 5) is 32.9. The number of rotatable bonds is 3. The van der Waals surface area contributed by atoms with E-state index < -0.39 is 29.0 Å². The van der Waals surface area contributed by atoms with Crippen LogP contribution in [0, 0.1) is 0 Å². The van der Waals surface area contributed by atoms with Gasteiger partial charge in [-0.05, 0) is 5.39 Å². The zero-order chi connectivity index (χ0) is 14.2. The van der Waals surface area contributed by atoms with Gasteiger partial charge in [-0.15, -0.1) is 0 Å². The molecule has 2 aromatic rings. The first kappa shape index (κ1) is 26.3. The van der Waals surface area contributed by atoms with Crippen LogP contribution in [-0.4, -0.2) is 17.9 Å². The molecule has 0 radical (unpaired) electrons. The second-order valence-electron chi connectivity index (χ2n) is 3.75. The quantitative estimate of drug-likeness (QED) is 0.492. The minimum atomic E-state index is -1.61. The van der Waals surface area contributed by atoms with Crippen LogP contribution in [-0.2, 0) is 0 Å². The standard InChI is InChI=1S/C13H8O6.3K/c14-11(15)7-4-5-9(13(18)19)10-6(7)2-1-3-8(10)12(16)17;;;/h1-5H,(H,14,15)(H,16,17)(H,18,19);;;/q;3*+1/p-3. The normalized spacial score (nSPS) is 8.91. The molecule has 0 spiro atoms. The molecule has 2 aromatic carbocycles. The zero-order valence-electron chi connectivity index (χ0n) is 12.3. The summed E-state index contributed by atoms with van der Waals surface area (Å²) in [5.41, 5.74) is -1.14. The van der Waals surface area contributed by atoms with E-state index in [1.807, 2.05) is 0 Å². The van der Waals surface area contributed by atoms with Gasteiger partial charge in [-0.1, -0.05) is 30.3 Å². The van der Waals surface area contributed by atoms with Gasteiger partial charge >= 0.3 is 154 Å². The fourth-order valence-electron chi connectivity index (χ4n) is 1.92. The molecule has 6 nitrogen and oxygen atoms in total. The smallest absolute Gasteiger partial charge is 0.545 e. The molecular formula is C13H5K3O6. The first-order chi connectivity index (χ1) is 8.93. The molecule has 0 aliphatic carbocycles. The van der Waals surface area contributed by atoms with Crippen LogP contribution in [0.5, 0.6) is 0 Å². The number of carboxylic acid groups (broad SMARTS) is 3. The van der Waals surface area contributed by atoms with Crippen LogP contribution in [0.1, 0.15) is 31.1 Å². The molecule has 0 saturated carbocycles. The van der Waals surface area contributed by atoms with Gasteiger partial charge in [-0.3, -0.25) is 0 Å². The van der Waals surface area contributed by atoms with Crippen molar-refractivity contribution in [3.8, 4) is 0 Å². The summed E-state index contributed by atoms with van der Waals surface area (Å²) < 4.78 is 0. The van der Waals surface area contributed by atoms with Gasteiger partial charge in [-0.2, -0.15) is 0 Å². The Morgan fingerprint density at radius 1 is 0.636 bits per heavy atom. The second-order valence-corrected chi connectivity index (χ2v) is 3.75. The average molecular weight is 374 g/mol. The summed E-state index contributed by atoms with van der Waals surface area (Å²) in [6, 6.07) is 5.71. The minimum absolute atomic E-state index is 0. The van der Waals surface area contributed by atoms with Crippen LogP contribution in [0.3, 0.4) is 0 Å². The Hall–Kier alpha value is 2.02. The second kappa shape index (κ2) is 11.6. The van der Waals surface area contributed by atoms with Crippen LogP contribution < -0.4 is 169 Å². The predicted molar refractivity (Wildman–Crippen MR) is 56.9 cm³/mol. The zero-order valence-corrected chi connectivity index (χ0v) is 21.7. The summed E-state index contributed by atoms with van der Waals surface area (Å²) in [6.45, 7) is 0. The number of carbonyl (C=O) groups is 3. The average Bonchev–Trinajstić information content (AvgIpc) is 2.35. The Balaban J connectivity index is 0. The van der Waals surface area contributed by atoms with Gasteiger partial charge in [0.05, 0.1) is 17.9 Å². The molecule has 9 heteroatoms. The van der Waals surface area contributed by atoms with Gasteiger partial charge in [0, 0.05) is 22.1 Å². The van der Waals surface area contributed by atoms with Crippen molar-refractivity contribution in [2.24, 2.45) is 0 Å². The molecule has 96 valence electrons. The first-order valence-corrected chi connectivity index (χ1v) is 5.13. The minimum Gasteiger partial charge on any atom is -0.545 e. The Morgan fingerprint density at radius 3 is 1.50 bits per heavy atom. The fraction of sp³-hybridized carbons (Fsp3) is 0. The summed E-state index contributed by atoms with van der Waals surface area (Å²) in [5, 5.41) is 32.6. The van der Waals surface area contributed by atoms with Crippen molar-refractivity contribution in [2.45, 2.75) is 0 Å². The molecule has 0 amide bonds. The molecular weight excluding hydrogens is 369 g/mol. The van der Waals surface area contributed by atoms with Crippen molar-refractivity contribution in [1.29, 1.82) is 0 Å². The third-order valence-corrected chi connectivity index (χ3v) is 2.70. The van der Waals surface area contributed by atoms with Crippen LogP contribution in [0.4, 0.5) is 0 Å². The van der Waals surface area contributed by atoms with E-state index in [0.717, 1.165) is 18.2 Å². The van der Waals surface area contributed by atoms with Gasteiger partial charge in [0.15, 0.2) is 0 Å². The SMILES string of the molecule is O=C([O-])c1ccc(C(=O)[O-])c2c(C(=O)[O-])cccc12.[K+].[K+].[K+]. The van der Waals surface area contributed by atoms with E-state index in [-0.39, 0.29) is 170 Å². The molecule has 0 unspecified atom stereocenters. The number of fused-ring (bicyclic) bond motifs is 1. The van der Waals surface area contributed by atoms with E-state index in [1.54, 1.807) is 0 Å². The van der Waals surface area contributed by atoms with Crippen molar-refractivity contribution >= 4 is 28.7 Å². The third-order valence-electron chi connectivity index (χ3n) is 2.70. The van der Waals surface area contributed by atoms with Gasteiger partial charge in [-0.25, -0.2) is 0 Å². The summed E-state index contributed by atoms with van der Waals surface area (Å²) in [5.74, 6) is -4.75. The van der Waals surface area contributed by atoms with E-state index in [0.29, 0.717) is 0 Å². The van der Waals surface area contributed by atoms with Gasteiger partial charge < -0.3 is 29.7 Å². The summed E-state index contributed by atoms with van der Waals surface area (Å²) in [7, 11) is 0. The number of hydrogen-bond donors (Lipinski definition) is 0. The maximum atomic E-state index is 11.0. The Bertz CT molecular complexity index is 709. The summed E-state index contributed by atoms with van der Waals surface area (Å²) in [6.07, 6.45) is 0. The molecule has 2 rings (SSSR count). The molecule has 0 aromatic heterocycles. The topological polar surface area (TPSA) is 120 Å². The van der Waals surface area contributed by atoms with E-state index >= 15 is 0 Å². The molecule has 0 aliphatic rings. The van der Waals surface area contributed by atoms with Crippen molar-refractivity contribution in [1.82, 2.24) is 0 Å². The number of carboxylic acids is 3. The number of hydrogen-bond acceptors (Lipinski definition) is 6. The third kappa shape index (κ3) is 5.78. The number of aromatic carboxylic acids is 3. The summed E-state index contributed by atoms with van der Waals surface area (Å²) >= 11 is 0. The van der Waals surface area contributed by atoms with Crippen molar-refractivity contribution < 1.29 is 184 Å². The van der Waals surface area contributed by atoms with Crippen molar-refractivity contribution in [3.05, 3.63) is 47.0 Å². The molecule has 0 aliphatic heterocycles. The number of benzene rings is 2. The predicted octanol–water partition coefficient (Wildman–Crippen LogP) is -11.1. The largest absolute Gasteiger partial charge is 1.00 e. The van der Waals surface area contributed by atoms with Gasteiger partial charge in [0.1, 0.15) is 0 Å². The molecule has 0 atom stereocenters. The van der Waals surface area contributed by atoms with Gasteiger partial charge in [0.2, 0.25) is 0 Å². The molecule has 0 heterocycles. The van der Waals surface area contributed by atoms with Crippen LogP contribution in [0.15, 0.2) is 30.3 Å². The van der Waals surface area contributed by atoms with E-state index in [9.17, 15) is 29.7 Å². The molecule has 0 N–H and O–H groups in total. The molecule has 0 fully saturated rings. The van der Waals surface area contributed by atoms with Crippen molar-refractivity contribution in [3.63, 3.8) is 0 Å². The first-order valence-electron chi connectivity index (χ1n) is 5.13. The Morgan fingerprint density at radius 2 is 1.05 bits per heavy atom. The van der Waals surface area contributed by atoms with Gasteiger partial charge in [0.25, 0.3) is 0 Å². The van der Waals surface area contributed by atoms with Crippen LogP contribution in [0.2, 0.25) is 0 Å². The maximum absolute atomic E-state index is 11.0. The Kier molecular flexibility index (Phi) is 13.8. The van der Waals surface area contributed by atoms with E-state index in [2.05, 4.69) is 0 Å². The molecule has 0 bridgehead atoms.